The van der Waals surface area contributed by atoms with Gasteiger partial charge in [0.15, 0.2) is 0 Å². The first kappa shape index (κ1) is 16.5. The Kier molecular flexibility index (Phi) is 4.28. The van der Waals surface area contributed by atoms with E-state index in [1.165, 1.54) is 0 Å². The highest BCUT2D eigenvalue weighted by Gasteiger charge is 2.21. The minimum atomic E-state index is 0.804. The summed E-state index contributed by atoms with van der Waals surface area (Å²) in [6, 6.07) is 9.98. The number of aromatic nitrogens is 4. The van der Waals surface area contributed by atoms with Gasteiger partial charge in [-0.1, -0.05) is 12.1 Å². The monoisotopic (exact) mass is 349 g/mol. The van der Waals surface area contributed by atoms with Gasteiger partial charge in [-0.05, 0) is 19.1 Å². The molecule has 3 heterocycles. The van der Waals surface area contributed by atoms with Crippen molar-refractivity contribution in [3.05, 3.63) is 42.2 Å². The molecule has 7 nitrogen and oxygen atoms in total. The predicted octanol–water partition coefficient (Wildman–Crippen LogP) is 2.12. The van der Waals surface area contributed by atoms with Crippen LogP contribution in [0.1, 0.15) is 5.69 Å². The largest absolute Gasteiger partial charge is 0.363 e. The van der Waals surface area contributed by atoms with Crippen molar-refractivity contribution in [2.45, 2.75) is 6.92 Å². The van der Waals surface area contributed by atoms with Crippen molar-refractivity contribution in [3.8, 4) is 0 Å². The number of piperazine rings is 1. The van der Waals surface area contributed by atoms with Gasteiger partial charge in [-0.15, -0.1) is 0 Å². The topological polar surface area (TPSA) is 61.3 Å². The molecule has 4 rings (SSSR count). The summed E-state index contributed by atoms with van der Waals surface area (Å²) in [5, 5.41) is 0. The Morgan fingerprint density at radius 3 is 2.31 bits per heavy atom. The number of hydrogen-bond acceptors (Lipinski definition) is 7. The second kappa shape index (κ2) is 6.74. The third kappa shape index (κ3) is 3.24. The van der Waals surface area contributed by atoms with Gasteiger partial charge in [0.2, 0.25) is 5.95 Å². The number of anilines is 3. The minimum absolute atomic E-state index is 0.804. The molecule has 0 aliphatic carbocycles. The third-order valence-electron chi connectivity index (χ3n) is 4.61. The average molecular weight is 349 g/mol. The van der Waals surface area contributed by atoms with Gasteiger partial charge in [0.25, 0.3) is 0 Å². The van der Waals surface area contributed by atoms with E-state index in [1.807, 2.05) is 62.4 Å². The van der Waals surface area contributed by atoms with E-state index in [-0.39, 0.29) is 0 Å². The molecule has 1 aromatic carbocycles. The van der Waals surface area contributed by atoms with Gasteiger partial charge in [0.05, 0.1) is 17.2 Å². The normalized spacial score (nSPS) is 14.7. The van der Waals surface area contributed by atoms with Crippen LogP contribution in [0.15, 0.2) is 36.5 Å². The van der Waals surface area contributed by atoms with Crippen molar-refractivity contribution in [2.75, 3.05) is 55.0 Å². The van der Waals surface area contributed by atoms with E-state index in [9.17, 15) is 0 Å². The zero-order valence-electron chi connectivity index (χ0n) is 15.4. The van der Waals surface area contributed by atoms with Crippen LogP contribution in [0.2, 0.25) is 0 Å². The first-order chi connectivity index (χ1) is 12.6. The van der Waals surface area contributed by atoms with E-state index in [2.05, 4.69) is 24.8 Å². The molecule has 1 fully saturated rings. The Morgan fingerprint density at radius 1 is 0.885 bits per heavy atom. The van der Waals surface area contributed by atoms with Crippen LogP contribution < -0.4 is 14.7 Å². The van der Waals surface area contributed by atoms with Crippen LogP contribution in [0.3, 0.4) is 0 Å². The molecular weight excluding hydrogens is 326 g/mol. The van der Waals surface area contributed by atoms with Crippen molar-refractivity contribution in [3.63, 3.8) is 0 Å². The summed E-state index contributed by atoms with van der Waals surface area (Å²) in [7, 11) is 4.00. The molecule has 0 amide bonds. The van der Waals surface area contributed by atoms with Crippen molar-refractivity contribution in [2.24, 2.45) is 0 Å². The summed E-state index contributed by atoms with van der Waals surface area (Å²) >= 11 is 0. The maximum Gasteiger partial charge on any atom is 0.227 e. The van der Waals surface area contributed by atoms with E-state index in [1.54, 1.807) is 0 Å². The second-order valence-electron chi connectivity index (χ2n) is 6.75. The zero-order chi connectivity index (χ0) is 18.1. The highest BCUT2D eigenvalue weighted by molar-refractivity contribution is 5.75. The maximum absolute atomic E-state index is 4.76. The Bertz CT molecular complexity index is 917. The Hall–Kier alpha value is -2.96. The summed E-state index contributed by atoms with van der Waals surface area (Å²) < 4.78 is 0. The molecule has 0 spiro atoms. The summed E-state index contributed by atoms with van der Waals surface area (Å²) in [6.07, 6.45) is 1.87. The van der Waals surface area contributed by atoms with E-state index in [0.29, 0.717) is 0 Å². The lowest BCUT2D eigenvalue weighted by atomic mass is 10.3. The van der Waals surface area contributed by atoms with Crippen LogP contribution in [0.25, 0.3) is 11.0 Å². The van der Waals surface area contributed by atoms with Crippen molar-refractivity contribution in [1.29, 1.82) is 0 Å². The predicted molar refractivity (Wildman–Crippen MR) is 105 cm³/mol. The van der Waals surface area contributed by atoms with Crippen LogP contribution in [0.5, 0.6) is 0 Å². The minimum Gasteiger partial charge on any atom is -0.363 e. The van der Waals surface area contributed by atoms with E-state index in [0.717, 1.165) is 60.5 Å². The molecule has 0 atom stereocenters. The second-order valence-corrected chi connectivity index (χ2v) is 6.75. The lowest BCUT2D eigenvalue weighted by Crippen LogP contribution is -2.47. The van der Waals surface area contributed by atoms with Crippen LogP contribution in [-0.2, 0) is 0 Å². The average Bonchev–Trinajstić information content (AvgIpc) is 2.67. The molecule has 134 valence electrons. The lowest BCUT2D eigenvalue weighted by molar-refractivity contribution is 0.633. The molecule has 2 aromatic heterocycles. The number of nitrogens with zero attached hydrogens (tertiary/aromatic N) is 7. The standard InChI is InChI=1S/C19H23N7/c1-14-12-17(24(2)3)23-19(21-14)26-10-8-25(9-11-26)18-13-20-15-6-4-5-7-16(15)22-18/h4-7,12-13H,8-11H2,1-3H3. The fourth-order valence-corrected chi connectivity index (χ4v) is 3.14. The molecule has 0 saturated carbocycles. The smallest absolute Gasteiger partial charge is 0.227 e. The van der Waals surface area contributed by atoms with Gasteiger partial charge in [-0.2, -0.15) is 4.98 Å². The molecular formula is C19H23N7. The summed E-state index contributed by atoms with van der Waals surface area (Å²) in [5.74, 6) is 2.68. The number of aryl methyl sites for hydroxylation is 1. The Labute approximate surface area is 153 Å². The van der Waals surface area contributed by atoms with Gasteiger partial charge < -0.3 is 14.7 Å². The Morgan fingerprint density at radius 2 is 1.58 bits per heavy atom. The fourth-order valence-electron chi connectivity index (χ4n) is 3.14. The summed E-state index contributed by atoms with van der Waals surface area (Å²) in [6.45, 7) is 5.50. The quantitative estimate of drug-likeness (QED) is 0.718. The van der Waals surface area contributed by atoms with E-state index in [4.69, 9.17) is 4.98 Å². The van der Waals surface area contributed by atoms with Gasteiger partial charge in [0, 0.05) is 52.0 Å². The molecule has 1 saturated heterocycles. The molecule has 0 unspecified atom stereocenters. The SMILES string of the molecule is Cc1cc(N(C)C)nc(N2CCN(c3cnc4ccccc4n3)CC2)n1. The number of rotatable bonds is 3. The van der Waals surface area contributed by atoms with E-state index >= 15 is 0 Å². The zero-order valence-corrected chi connectivity index (χ0v) is 15.4. The third-order valence-corrected chi connectivity index (χ3v) is 4.61. The van der Waals surface area contributed by atoms with E-state index < -0.39 is 0 Å². The highest BCUT2D eigenvalue weighted by atomic mass is 15.3. The molecule has 3 aromatic rings. The van der Waals surface area contributed by atoms with Crippen LogP contribution in [-0.4, -0.2) is 60.2 Å². The lowest BCUT2D eigenvalue weighted by Gasteiger charge is -2.35. The maximum atomic E-state index is 4.76. The summed E-state index contributed by atoms with van der Waals surface area (Å²) in [4.78, 5) is 25.1. The molecule has 26 heavy (non-hydrogen) atoms. The molecule has 7 heteroatoms. The van der Waals surface area contributed by atoms with Gasteiger partial charge >= 0.3 is 0 Å². The first-order valence-corrected chi connectivity index (χ1v) is 8.85. The molecule has 1 aliphatic rings. The molecule has 0 N–H and O–H groups in total. The number of hydrogen-bond donors (Lipinski definition) is 0. The summed E-state index contributed by atoms with van der Waals surface area (Å²) in [5.41, 5.74) is 2.85. The number of fused-ring (bicyclic) bond motifs is 1. The Balaban J connectivity index is 1.50. The molecule has 0 bridgehead atoms. The van der Waals surface area contributed by atoms with Gasteiger partial charge in [-0.3, -0.25) is 4.98 Å². The molecule has 1 aliphatic heterocycles. The van der Waals surface area contributed by atoms with Crippen molar-refractivity contribution >= 4 is 28.6 Å². The van der Waals surface area contributed by atoms with Crippen LogP contribution in [0.4, 0.5) is 17.6 Å². The van der Waals surface area contributed by atoms with Crippen LogP contribution in [0, 0.1) is 6.92 Å². The van der Waals surface area contributed by atoms with Crippen molar-refractivity contribution in [1.82, 2.24) is 19.9 Å². The van der Waals surface area contributed by atoms with Gasteiger partial charge in [-0.25, -0.2) is 9.97 Å². The first-order valence-electron chi connectivity index (χ1n) is 8.85. The molecule has 0 radical (unpaired) electrons. The van der Waals surface area contributed by atoms with Gasteiger partial charge in [0.1, 0.15) is 11.6 Å². The fraction of sp³-hybridized carbons (Fsp3) is 0.368. The van der Waals surface area contributed by atoms with Crippen molar-refractivity contribution < 1.29 is 0 Å². The number of benzene rings is 1. The van der Waals surface area contributed by atoms with Crippen LogP contribution >= 0.6 is 0 Å². The highest BCUT2D eigenvalue weighted by Crippen LogP contribution is 2.20. The number of para-hydroxylation sites is 2.